The van der Waals surface area contributed by atoms with E-state index in [0.717, 1.165) is 37.1 Å². The van der Waals surface area contributed by atoms with Gasteiger partial charge in [-0.25, -0.2) is 8.42 Å². The summed E-state index contributed by atoms with van der Waals surface area (Å²) in [6.07, 6.45) is 1.80. The zero-order chi connectivity index (χ0) is 19.2. The number of nitrogens with zero attached hydrogens (tertiary/aromatic N) is 1. The number of benzene rings is 2. The highest BCUT2D eigenvalue weighted by atomic mass is 32.2. The number of ether oxygens (including phenoxy) is 2. The molecule has 1 atom stereocenters. The van der Waals surface area contributed by atoms with E-state index >= 15 is 0 Å². The van der Waals surface area contributed by atoms with Gasteiger partial charge in [-0.05, 0) is 54.8 Å². The molecule has 2 aliphatic rings. The standard InChI is InChI=1S/C18H16F3NO4S/c19-18(20,21)27(23,24)14-6-4-13(5-7-14)22-9-1-2-15(22)12-3-8-16-17(10-12)26-11-25-16/h3-8,10,15H,1-2,9,11H2/t15-/m1/s1. The van der Waals surface area contributed by atoms with E-state index in [1.807, 2.05) is 18.2 Å². The Kier molecular flexibility index (Phi) is 4.21. The maximum absolute atomic E-state index is 12.7. The van der Waals surface area contributed by atoms with Crippen LogP contribution in [0.15, 0.2) is 47.4 Å². The summed E-state index contributed by atoms with van der Waals surface area (Å²) >= 11 is 0. The number of anilines is 1. The molecule has 0 saturated carbocycles. The van der Waals surface area contributed by atoms with Gasteiger partial charge in [0.15, 0.2) is 11.5 Å². The average Bonchev–Trinajstić information content (AvgIpc) is 3.29. The Morgan fingerprint density at radius 1 is 1.00 bits per heavy atom. The van der Waals surface area contributed by atoms with Gasteiger partial charge in [0.05, 0.1) is 10.9 Å². The third-order valence-corrected chi connectivity index (χ3v) is 6.32. The fraction of sp³-hybridized carbons (Fsp3) is 0.333. The maximum Gasteiger partial charge on any atom is 0.501 e. The molecule has 2 heterocycles. The van der Waals surface area contributed by atoms with Crippen LogP contribution in [0.1, 0.15) is 24.4 Å². The van der Waals surface area contributed by atoms with E-state index in [1.165, 1.54) is 12.1 Å². The Morgan fingerprint density at radius 2 is 1.70 bits per heavy atom. The highest BCUT2D eigenvalue weighted by molar-refractivity contribution is 7.92. The molecule has 0 N–H and O–H groups in total. The van der Waals surface area contributed by atoms with Gasteiger partial charge in [0.2, 0.25) is 6.79 Å². The predicted molar refractivity (Wildman–Crippen MR) is 91.6 cm³/mol. The highest BCUT2D eigenvalue weighted by Crippen LogP contribution is 2.41. The zero-order valence-corrected chi connectivity index (χ0v) is 14.9. The van der Waals surface area contributed by atoms with E-state index in [-0.39, 0.29) is 12.8 Å². The largest absolute Gasteiger partial charge is 0.501 e. The summed E-state index contributed by atoms with van der Waals surface area (Å²) in [6.45, 7) is 0.910. The van der Waals surface area contributed by atoms with Crippen LogP contribution >= 0.6 is 0 Å². The van der Waals surface area contributed by atoms with E-state index in [4.69, 9.17) is 9.47 Å². The van der Waals surface area contributed by atoms with Gasteiger partial charge in [-0.15, -0.1) is 0 Å². The molecule has 5 nitrogen and oxygen atoms in total. The van der Waals surface area contributed by atoms with Gasteiger partial charge in [-0.2, -0.15) is 13.2 Å². The summed E-state index contributed by atoms with van der Waals surface area (Å²) in [7, 11) is -5.34. The van der Waals surface area contributed by atoms with Crippen LogP contribution < -0.4 is 14.4 Å². The van der Waals surface area contributed by atoms with Crippen LogP contribution in [-0.4, -0.2) is 27.3 Å². The second kappa shape index (κ2) is 6.33. The average molecular weight is 399 g/mol. The second-order valence-electron chi connectivity index (χ2n) is 6.41. The Bertz CT molecular complexity index is 958. The first-order valence-electron chi connectivity index (χ1n) is 8.35. The van der Waals surface area contributed by atoms with Crippen LogP contribution in [0.2, 0.25) is 0 Å². The summed E-state index contributed by atoms with van der Waals surface area (Å²) in [5, 5.41) is 0. The fourth-order valence-corrected chi connectivity index (χ4v) is 4.25. The van der Waals surface area contributed by atoms with Crippen molar-refractivity contribution < 1.29 is 31.1 Å². The third kappa shape index (κ3) is 3.09. The van der Waals surface area contributed by atoms with Crippen LogP contribution in [0.25, 0.3) is 0 Å². The molecule has 0 aliphatic carbocycles. The normalized spacial score (nSPS) is 19.5. The zero-order valence-electron chi connectivity index (χ0n) is 14.1. The summed E-state index contributed by atoms with van der Waals surface area (Å²) in [5.41, 5.74) is -3.61. The van der Waals surface area contributed by atoms with Gasteiger partial charge >= 0.3 is 5.51 Å². The second-order valence-corrected chi connectivity index (χ2v) is 8.35. The summed E-state index contributed by atoms with van der Waals surface area (Å²) in [5.74, 6) is 1.36. The summed E-state index contributed by atoms with van der Waals surface area (Å²) in [6, 6.07) is 10.6. The first-order chi connectivity index (χ1) is 12.8. The molecule has 0 unspecified atom stereocenters. The molecular formula is C18H16F3NO4S. The molecule has 0 bridgehead atoms. The van der Waals surface area contributed by atoms with Crippen LogP contribution in [0, 0.1) is 0 Å². The molecule has 144 valence electrons. The van der Waals surface area contributed by atoms with Crippen LogP contribution in [0.3, 0.4) is 0 Å². The molecule has 2 aliphatic heterocycles. The number of sulfone groups is 1. The number of hydrogen-bond acceptors (Lipinski definition) is 5. The number of halogens is 3. The Morgan fingerprint density at radius 3 is 2.41 bits per heavy atom. The first kappa shape index (κ1) is 18.0. The summed E-state index contributed by atoms with van der Waals surface area (Å²) < 4.78 is 71.8. The lowest BCUT2D eigenvalue weighted by atomic mass is 10.0. The van der Waals surface area contributed by atoms with E-state index in [9.17, 15) is 21.6 Å². The van der Waals surface area contributed by atoms with Crippen molar-refractivity contribution in [2.75, 3.05) is 18.2 Å². The van der Waals surface area contributed by atoms with E-state index < -0.39 is 20.2 Å². The summed E-state index contributed by atoms with van der Waals surface area (Å²) in [4.78, 5) is 1.30. The molecule has 27 heavy (non-hydrogen) atoms. The van der Waals surface area contributed by atoms with E-state index in [1.54, 1.807) is 0 Å². The Hall–Kier alpha value is -2.42. The molecular weight excluding hydrogens is 383 g/mol. The van der Waals surface area contributed by atoms with Crippen molar-refractivity contribution in [3.8, 4) is 11.5 Å². The molecule has 9 heteroatoms. The van der Waals surface area contributed by atoms with E-state index in [0.29, 0.717) is 17.2 Å². The smallest absolute Gasteiger partial charge is 0.454 e. The Balaban J connectivity index is 1.61. The molecule has 0 spiro atoms. The lowest BCUT2D eigenvalue weighted by Gasteiger charge is -2.27. The van der Waals surface area contributed by atoms with Crippen molar-refractivity contribution in [3.63, 3.8) is 0 Å². The molecule has 0 aromatic heterocycles. The van der Waals surface area contributed by atoms with Crippen LogP contribution in [-0.2, 0) is 9.84 Å². The van der Waals surface area contributed by atoms with Crippen molar-refractivity contribution in [1.82, 2.24) is 0 Å². The SMILES string of the molecule is O=S(=O)(c1ccc(N2CCC[C@@H]2c2ccc3c(c2)OCO3)cc1)C(F)(F)F. The maximum atomic E-state index is 12.7. The van der Waals surface area contributed by atoms with Gasteiger partial charge < -0.3 is 14.4 Å². The minimum atomic E-state index is -5.34. The van der Waals surface area contributed by atoms with Crippen molar-refractivity contribution in [2.45, 2.75) is 29.3 Å². The van der Waals surface area contributed by atoms with E-state index in [2.05, 4.69) is 4.90 Å². The molecule has 0 radical (unpaired) electrons. The number of fused-ring (bicyclic) bond motifs is 1. The van der Waals surface area contributed by atoms with Gasteiger partial charge in [0.1, 0.15) is 0 Å². The lowest BCUT2D eigenvalue weighted by Crippen LogP contribution is -2.24. The molecule has 4 rings (SSSR count). The highest BCUT2D eigenvalue weighted by Gasteiger charge is 2.46. The predicted octanol–water partition coefficient (Wildman–Crippen LogP) is 4.05. The molecule has 0 amide bonds. The van der Waals surface area contributed by atoms with Gasteiger partial charge in [0, 0.05) is 12.2 Å². The van der Waals surface area contributed by atoms with Crippen molar-refractivity contribution in [1.29, 1.82) is 0 Å². The Labute approximate surface area is 154 Å². The topological polar surface area (TPSA) is 55.8 Å². The molecule has 2 aromatic rings. The minimum absolute atomic E-state index is 0.0320. The fourth-order valence-electron chi connectivity index (χ4n) is 3.49. The minimum Gasteiger partial charge on any atom is -0.454 e. The molecule has 1 fully saturated rings. The van der Waals surface area contributed by atoms with Gasteiger partial charge in [0.25, 0.3) is 9.84 Å². The van der Waals surface area contributed by atoms with Gasteiger partial charge in [-0.3, -0.25) is 0 Å². The van der Waals surface area contributed by atoms with Crippen molar-refractivity contribution >= 4 is 15.5 Å². The molecule has 1 saturated heterocycles. The first-order valence-corrected chi connectivity index (χ1v) is 9.83. The number of alkyl halides is 3. The monoisotopic (exact) mass is 399 g/mol. The van der Waals surface area contributed by atoms with Crippen LogP contribution in [0.4, 0.5) is 18.9 Å². The van der Waals surface area contributed by atoms with Crippen molar-refractivity contribution in [3.05, 3.63) is 48.0 Å². The van der Waals surface area contributed by atoms with Crippen LogP contribution in [0.5, 0.6) is 11.5 Å². The number of rotatable bonds is 3. The van der Waals surface area contributed by atoms with Gasteiger partial charge in [-0.1, -0.05) is 6.07 Å². The third-order valence-electron chi connectivity index (χ3n) is 4.82. The van der Waals surface area contributed by atoms with Crippen molar-refractivity contribution in [2.24, 2.45) is 0 Å². The quantitative estimate of drug-likeness (QED) is 0.780. The number of hydrogen-bond donors (Lipinski definition) is 0. The lowest BCUT2D eigenvalue weighted by molar-refractivity contribution is -0.0436. The molecule has 2 aromatic carbocycles.